The molecule has 7 heteroatoms. The molecule has 0 radical (unpaired) electrons. The van der Waals surface area contributed by atoms with Crippen LogP contribution in [0.5, 0.6) is 5.75 Å². The van der Waals surface area contributed by atoms with Crippen molar-refractivity contribution >= 4 is 45.1 Å². The third kappa shape index (κ3) is 9.52. The van der Waals surface area contributed by atoms with E-state index in [0.717, 1.165) is 141 Å². The molecule has 8 bridgehead atoms. The summed E-state index contributed by atoms with van der Waals surface area (Å²) < 4.78 is 6.33. The fraction of sp³-hybridized carbons (Fsp3) is 0.143. The molecule has 0 spiro atoms. The second-order valence-electron chi connectivity index (χ2n) is 18.0. The van der Waals surface area contributed by atoms with Crippen LogP contribution in [0.1, 0.15) is 61.3 Å². The van der Waals surface area contributed by atoms with Gasteiger partial charge in [0, 0.05) is 67.8 Å². The normalized spacial score (nSPS) is 17.8. The lowest BCUT2D eigenvalue weighted by atomic mass is 9.98. The quantitative estimate of drug-likeness (QED) is 0.124. The number of unbranched alkanes of at least 4 members (excludes halogenated alkanes) is 3. The molecule has 0 unspecified atom stereocenters. The molecule has 11 rings (SSSR count). The minimum absolute atomic E-state index is 0.677. The molecule has 7 aliphatic heterocycles. The standard InChI is InChI=1S/C63H54N6O/c1-2-38-68-40-34-45(35-41-68)46-36-42-69(43-37-46)39-14-3-4-15-44-70-51-24-22-50(23-25-51)63-58-32-30-56(66-58)61(48-18-10-6-11-19-48)54-28-26-52(64-54)60(47-16-8-5-9-17-47)53-27-29-55(65-53)62(49-20-12-7-13-21-49)57-31-33-59(63)67-57/h5-13,16-37,40-43H,2-4,14-15,38-39,44H2,1H3/p+2. The molecule has 0 aliphatic carbocycles. The zero-order chi connectivity index (χ0) is 47.1. The van der Waals surface area contributed by atoms with Crippen LogP contribution in [0.15, 0.2) is 257 Å². The molecule has 2 N–H and O–H groups in total. The van der Waals surface area contributed by atoms with E-state index in [-0.39, 0.29) is 0 Å². The zero-order valence-electron chi connectivity index (χ0n) is 39.6. The number of fused-ring (bicyclic) bond motifs is 4. The number of rotatable bonds is 14. The van der Waals surface area contributed by atoms with E-state index < -0.39 is 0 Å². The van der Waals surface area contributed by atoms with Gasteiger partial charge in [0.05, 0.1) is 40.6 Å². The summed E-state index contributed by atoms with van der Waals surface area (Å²) in [7, 11) is 0. The Morgan fingerprint density at radius 3 is 1.47 bits per heavy atom. The molecule has 0 fully saturated rings. The van der Waals surface area contributed by atoms with Crippen molar-refractivity contribution in [3.05, 3.63) is 269 Å². The van der Waals surface area contributed by atoms with Crippen molar-refractivity contribution < 1.29 is 14.7 Å². The fourth-order valence-electron chi connectivity index (χ4n) is 9.75. The van der Waals surface area contributed by atoms with Crippen LogP contribution in [-0.2, 0) is 0 Å². The molecule has 0 aromatic heterocycles. The van der Waals surface area contributed by atoms with Gasteiger partial charge in [-0.2, -0.15) is 0 Å². The Morgan fingerprint density at radius 1 is 0.414 bits per heavy atom. The number of benzene rings is 4. The number of nitrogens with one attached hydrogen (secondary N) is 2. The molecule has 4 aromatic carbocycles. The van der Waals surface area contributed by atoms with E-state index in [9.17, 15) is 0 Å². The molecule has 7 nitrogen and oxygen atoms in total. The van der Waals surface area contributed by atoms with E-state index in [2.05, 4.69) is 240 Å². The van der Waals surface area contributed by atoms with E-state index in [4.69, 9.17) is 14.7 Å². The SMILES string of the molecule is CCCN1C=CC(=C2C=CN(CCCCCCOc3ccc(C4=C5C=CC(=N5)C(c5ccccc5)=C5C=CC(=[NH+]5)C(c5ccccc5)=C5C=CC(=[NH+]5)C(c5ccccc5)=C5C=CC4=N5)cc3)C=C2)C=C1. The van der Waals surface area contributed by atoms with E-state index in [1.165, 1.54) is 11.1 Å². The maximum atomic E-state index is 6.33. The molecule has 0 amide bonds. The highest BCUT2D eigenvalue weighted by molar-refractivity contribution is 6.37. The average Bonchev–Trinajstić information content (AvgIpc) is 4.27. The van der Waals surface area contributed by atoms with Gasteiger partial charge < -0.3 is 14.5 Å². The summed E-state index contributed by atoms with van der Waals surface area (Å²) in [6.45, 7) is 4.95. The first-order chi connectivity index (χ1) is 34.6. The Kier molecular flexibility index (Phi) is 12.9. The van der Waals surface area contributed by atoms with Crippen LogP contribution in [0.4, 0.5) is 0 Å². The second kappa shape index (κ2) is 20.4. The number of hydrogen-bond acceptors (Lipinski definition) is 5. The van der Waals surface area contributed by atoms with Gasteiger partial charge in [0.2, 0.25) is 22.8 Å². The van der Waals surface area contributed by atoms with Crippen LogP contribution in [0.2, 0.25) is 0 Å². The highest BCUT2D eigenvalue weighted by Crippen LogP contribution is 2.35. The van der Waals surface area contributed by atoms with Crippen molar-refractivity contribution in [1.29, 1.82) is 0 Å². The Bertz CT molecular complexity index is 3180. The summed E-state index contributed by atoms with van der Waals surface area (Å²) in [5.74, 6) is 0.857. The summed E-state index contributed by atoms with van der Waals surface area (Å²) >= 11 is 0. The summed E-state index contributed by atoms with van der Waals surface area (Å²) in [5.41, 5.74) is 18.3. The van der Waals surface area contributed by atoms with Crippen molar-refractivity contribution in [3.8, 4) is 5.75 Å². The minimum atomic E-state index is 0.677. The molecule has 342 valence electrons. The lowest BCUT2D eigenvalue weighted by molar-refractivity contribution is -0.388. The van der Waals surface area contributed by atoms with Gasteiger partial charge >= 0.3 is 0 Å². The monoisotopic (exact) mass is 912 g/mol. The molecular weight excluding hydrogens is 857 g/mol. The lowest BCUT2D eigenvalue weighted by Gasteiger charge is -2.21. The predicted octanol–water partition coefficient (Wildman–Crippen LogP) is 10.2. The second-order valence-corrected chi connectivity index (χ2v) is 18.0. The van der Waals surface area contributed by atoms with Crippen LogP contribution in [-0.4, -0.2) is 52.3 Å². The van der Waals surface area contributed by atoms with Gasteiger partial charge in [0.25, 0.3) is 0 Å². The van der Waals surface area contributed by atoms with E-state index in [1.54, 1.807) is 0 Å². The van der Waals surface area contributed by atoms with Crippen molar-refractivity contribution in [2.45, 2.75) is 39.0 Å². The first-order valence-corrected chi connectivity index (χ1v) is 24.7. The smallest absolute Gasteiger partial charge is 0.218 e. The van der Waals surface area contributed by atoms with Gasteiger partial charge in [0.15, 0.2) is 0 Å². The molecular formula is C63H56N6O+2. The minimum Gasteiger partial charge on any atom is -0.494 e. The molecule has 0 saturated carbocycles. The maximum Gasteiger partial charge on any atom is 0.218 e. The summed E-state index contributed by atoms with van der Waals surface area (Å²) in [5, 5.41) is 0. The van der Waals surface area contributed by atoms with Gasteiger partial charge in [-0.1, -0.05) is 123 Å². The summed E-state index contributed by atoms with van der Waals surface area (Å²) in [6.07, 6.45) is 40.4. The van der Waals surface area contributed by atoms with E-state index in [0.29, 0.717) is 6.61 Å². The van der Waals surface area contributed by atoms with Crippen molar-refractivity contribution in [2.24, 2.45) is 9.98 Å². The maximum absolute atomic E-state index is 6.33. The first-order valence-electron chi connectivity index (χ1n) is 24.7. The largest absolute Gasteiger partial charge is 0.494 e. The van der Waals surface area contributed by atoms with Crippen LogP contribution < -0.4 is 14.7 Å². The summed E-state index contributed by atoms with van der Waals surface area (Å²) in [6, 6.07) is 40.1. The van der Waals surface area contributed by atoms with Crippen molar-refractivity contribution in [3.63, 3.8) is 0 Å². The van der Waals surface area contributed by atoms with E-state index >= 15 is 0 Å². The topological polar surface area (TPSA) is 68.4 Å². The summed E-state index contributed by atoms with van der Waals surface area (Å²) in [4.78, 5) is 23.1. The highest BCUT2D eigenvalue weighted by Gasteiger charge is 2.33. The molecule has 7 heterocycles. The first kappa shape index (κ1) is 44.1. The third-order valence-corrected chi connectivity index (χ3v) is 13.3. The Balaban J connectivity index is 0.851. The highest BCUT2D eigenvalue weighted by atomic mass is 16.5. The number of hydrogen-bond donors (Lipinski definition) is 2. The van der Waals surface area contributed by atoms with E-state index in [1.807, 2.05) is 0 Å². The Labute approximate surface area is 411 Å². The van der Waals surface area contributed by atoms with Crippen molar-refractivity contribution in [1.82, 2.24) is 9.80 Å². The number of allylic oxidation sites excluding steroid dienone is 18. The fourth-order valence-corrected chi connectivity index (χ4v) is 9.75. The van der Waals surface area contributed by atoms with Gasteiger partial charge in [-0.25, -0.2) is 20.0 Å². The van der Waals surface area contributed by atoms with Gasteiger partial charge in [0.1, 0.15) is 11.3 Å². The van der Waals surface area contributed by atoms with Gasteiger partial charge in [-0.05, 0) is 113 Å². The number of nitrogens with zero attached hydrogens (tertiary/aromatic N) is 4. The van der Waals surface area contributed by atoms with Crippen LogP contribution >= 0.6 is 0 Å². The molecule has 0 atom stereocenters. The molecule has 70 heavy (non-hydrogen) atoms. The average molecular weight is 913 g/mol. The van der Waals surface area contributed by atoms with Crippen molar-refractivity contribution in [2.75, 3.05) is 19.7 Å². The Morgan fingerprint density at radius 2 is 0.886 bits per heavy atom. The molecule has 0 saturated heterocycles. The molecule has 4 aromatic rings. The third-order valence-electron chi connectivity index (χ3n) is 13.3. The van der Waals surface area contributed by atoms with Gasteiger partial charge in [-0.3, -0.25) is 0 Å². The number of aliphatic imine (C=N–C) groups is 2. The zero-order valence-corrected chi connectivity index (χ0v) is 39.6. The van der Waals surface area contributed by atoms with Crippen LogP contribution in [0.25, 0.3) is 22.3 Å². The predicted molar refractivity (Wildman–Crippen MR) is 288 cm³/mol. The number of ether oxygens (including phenoxy) is 1. The van der Waals surface area contributed by atoms with Crippen LogP contribution in [0.3, 0.4) is 0 Å². The Hall–Kier alpha value is -8.42. The lowest BCUT2D eigenvalue weighted by Crippen LogP contribution is -2.71. The molecule has 7 aliphatic rings. The van der Waals surface area contributed by atoms with Gasteiger partial charge in [-0.15, -0.1) is 0 Å². The van der Waals surface area contributed by atoms with Crippen LogP contribution in [0, 0.1) is 0 Å².